The van der Waals surface area contributed by atoms with E-state index >= 15 is 0 Å². The van der Waals surface area contributed by atoms with Crippen LogP contribution in [0, 0.1) is 27.7 Å². The van der Waals surface area contributed by atoms with Gasteiger partial charge in [0.05, 0.1) is 0 Å². The van der Waals surface area contributed by atoms with Crippen LogP contribution in [0.5, 0.6) is 0 Å². The highest BCUT2D eigenvalue weighted by atomic mass is 32.1. The second-order valence-electron chi connectivity index (χ2n) is 5.55. The highest BCUT2D eigenvalue weighted by Gasteiger charge is 2.12. The molecule has 0 amide bonds. The number of rotatable bonds is 0. The predicted molar refractivity (Wildman–Crippen MR) is 93.7 cm³/mol. The molecule has 0 unspecified atom stereocenters. The molecule has 100 valence electrons. The fourth-order valence-corrected chi connectivity index (χ4v) is 5.38. The van der Waals surface area contributed by atoms with Crippen molar-refractivity contribution in [3.63, 3.8) is 0 Å². The Bertz CT molecular complexity index is 902. The number of fused-ring (bicyclic) bond motifs is 5. The minimum atomic E-state index is 1.41. The highest BCUT2D eigenvalue weighted by Crippen LogP contribution is 2.41. The van der Waals surface area contributed by atoms with Crippen molar-refractivity contribution < 1.29 is 0 Å². The molecular formula is C18H16S2. The van der Waals surface area contributed by atoms with Crippen LogP contribution in [0.3, 0.4) is 0 Å². The number of hydrogen-bond acceptors (Lipinski definition) is 2. The molecule has 20 heavy (non-hydrogen) atoms. The Kier molecular flexibility index (Phi) is 2.51. The molecule has 0 saturated heterocycles. The van der Waals surface area contributed by atoms with Gasteiger partial charge in [0.2, 0.25) is 0 Å². The Morgan fingerprint density at radius 1 is 0.550 bits per heavy atom. The summed E-state index contributed by atoms with van der Waals surface area (Å²) in [5, 5.41) is 5.67. The average Bonchev–Trinajstić information content (AvgIpc) is 2.89. The second kappa shape index (κ2) is 4.06. The molecule has 0 atom stereocenters. The summed E-state index contributed by atoms with van der Waals surface area (Å²) in [5.41, 5.74) is 2.87. The lowest BCUT2D eigenvalue weighted by atomic mass is 10.0. The molecule has 0 bridgehead atoms. The van der Waals surface area contributed by atoms with Crippen molar-refractivity contribution in [1.82, 2.24) is 0 Å². The Hall–Kier alpha value is -1.38. The summed E-state index contributed by atoms with van der Waals surface area (Å²) in [6.07, 6.45) is 0. The van der Waals surface area contributed by atoms with Crippen LogP contribution in [0.15, 0.2) is 24.3 Å². The van der Waals surface area contributed by atoms with Crippen molar-refractivity contribution in [3.8, 4) is 0 Å². The second-order valence-corrected chi connectivity index (χ2v) is 8.00. The molecule has 2 heteroatoms. The van der Waals surface area contributed by atoms with Gasteiger partial charge in [0.1, 0.15) is 0 Å². The Morgan fingerprint density at radius 3 is 1.30 bits per heavy atom. The summed E-state index contributed by atoms with van der Waals surface area (Å²) in [7, 11) is 0. The van der Waals surface area contributed by atoms with E-state index in [0.29, 0.717) is 0 Å². The van der Waals surface area contributed by atoms with Gasteiger partial charge >= 0.3 is 0 Å². The topological polar surface area (TPSA) is 0 Å². The molecule has 0 aliphatic rings. The van der Waals surface area contributed by atoms with Crippen LogP contribution in [0.2, 0.25) is 0 Å². The Morgan fingerprint density at radius 2 is 0.900 bits per heavy atom. The van der Waals surface area contributed by atoms with E-state index in [1.807, 2.05) is 22.7 Å². The molecular weight excluding hydrogens is 280 g/mol. The monoisotopic (exact) mass is 296 g/mol. The maximum Gasteiger partial charge on any atom is 0.0427 e. The van der Waals surface area contributed by atoms with Crippen molar-refractivity contribution in [3.05, 3.63) is 45.1 Å². The van der Waals surface area contributed by atoms with Crippen LogP contribution in [-0.4, -0.2) is 0 Å². The van der Waals surface area contributed by atoms with Crippen molar-refractivity contribution in [1.29, 1.82) is 0 Å². The van der Waals surface area contributed by atoms with Gasteiger partial charge < -0.3 is 0 Å². The lowest BCUT2D eigenvalue weighted by molar-refractivity contribution is 1.47. The van der Waals surface area contributed by atoms with Gasteiger partial charge in [-0.2, -0.15) is 0 Å². The molecule has 2 heterocycles. The average molecular weight is 296 g/mol. The minimum Gasteiger partial charge on any atom is -0.140 e. The number of thiophene rings is 2. The lowest BCUT2D eigenvalue weighted by Crippen LogP contribution is -1.76. The van der Waals surface area contributed by atoms with E-state index in [1.165, 1.54) is 51.8 Å². The zero-order valence-corrected chi connectivity index (χ0v) is 13.8. The standard InChI is InChI=1S/C18H16S2/c1-9-11(3)19-17-13(9)5-7-16-15(17)8-6-14-10(2)12(4)20-18(14)16/h5-8H,1-4H3. The van der Waals surface area contributed by atoms with Crippen LogP contribution in [0.25, 0.3) is 30.9 Å². The van der Waals surface area contributed by atoms with Gasteiger partial charge in [-0.05, 0) is 49.6 Å². The first-order valence-corrected chi connectivity index (χ1v) is 8.52. The summed E-state index contributed by atoms with van der Waals surface area (Å²) in [6.45, 7) is 8.92. The van der Waals surface area contributed by atoms with Crippen LogP contribution >= 0.6 is 22.7 Å². The van der Waals surface area contributed by atoms with Gasteiger partial charge in [-0.3, -0.25) is 0 Å². The fraction of sp³-hybridized carbons (Fsp3) is 0.222. The van der Waals surface area contributed by atoms with Crippen LogP contribution in [-0.2, 0) is 0 Å². The smallest absolute Gasteiger partial charge is 0.0427 e. The van der Waals surface area contributed by atoms with Crippen LogP contribution in [0.1, 0.15) is 20.9 Å². The third kappa shape index (κ3) is 1.46. The molecule has 0 nitrogen and oxygen atoms in total. The molecule has 0 radical (unpaired) electrons. The summed E-state index contributed by atoms with van der Waals surface area (Å²) in [6, 6.07) is 9.24. The van der Waals surface area contributed by atoms with E-state index in [4.69, 9.17) is 0 Å². The zero-order valence-electron chi connectivity index (χ0n) is 12.1. The summed E-state index contributed by atoms with van der Waals surface area (Å²) < 4.78 is 2.89. The van der Waals surface area contributed by atoms with Gasteiger partial charge in [0, 0.05) is 29.9 Å². The number of aryl methyl sites for hydroxylation is 4. The molecule has 0 saturated carbocycles. The minimum absolute atomic E-state index is 1.41. The first-order valence-electron chi connectivity index (χ1n) is 6.89. The van der Waals surface area contributed by atoms with Crippen LogP contribution < -0.4 is 0 Å². The molecule has 0 aliphatic carbocycles. The Balaban J connectivity index is 2.27. The van der Waals surface area contributed by atoms with Crippen LogP contribution in [0.4, 0.5) is 0 Å². The first kappa shape index (κ1) is 12.4. The maximum atomic E-state index is 2.31. The molecule has 0 N–H and O–H groups in total. The van der Waals surface area contributed by atoms with Crippen molar-refractivity contribution in [2.24, 2.45) is 0 Å². The van der Waals surface area contributed by atoms with Crippen molar-refractivity contribution >= 4 is 53.6 Å². The molecule has 0 spiro atoms. The molecule has 4 rings (SSSR count). The highest BCUT2D eigenvalue weighted by molar-refractivity contribution is 7.21. The lowest BCUT2D eigenvalue weighted by Gasteiger charge is -2.02. The zero-order chi connectivity index (χ0) is 14.0. The van der Waals surface area contributed by atoms with Gasteiger partial charge in [-0.1, -0.05) is 24.3 Å². The van der Waals surface area contributed by atoms with E-state index in [-0.39, 0.29) is 0 Å². The third-order valence-electron chi connectivity index (χ3n) is 4.48. The first-order chi connectivity index (χ1) is 9.58. The van der Waals surface area contributed by atoms with E-state index in [9.17, 15) is 0 Å². The maximum absolute atomic E-state index is 2.31. The predicted octanol–water partition coefficient (Wildman–Crippen LogP) is 6.50. The largest absolute Gasteiger partial charge is 0.140 e. The molecule has 0 fully saturated rings. The Labute approximate surface area is 126 Å². The quantitative estimate of drug-likeness (QED) is 0.347. The van der Waals surface area contributed by atoms with Gasteiger partial charge in [-0.25, -0.2) is 0 Å². The van der Waals surface area contributed by atoms with E-state index in [2.05, 4.69) is 52.0 Å². The molecule has 2 aromatic carbocycles. The number of hydrogen-bond donors (Lipinski definition) is 0. The summed E-state index contributed by atoms with van der Waals surface area (Å²) >= 11 is 3.86. The van der Waals surface area contributed by atoms with E-state index in [0.717, 1.165) is 0 Å². The SMILES string of the molecule is Cc1sc2c(ccc3c2ccc2c(C)c(C)sc23)c1C. The van der Waals surface area contributed by atoms with E-state index in [1.54, 1.807) is 0 Å². The van der Waals surface area contributed by atoms with Gasteiger partial charge in [-0.15, -0.1) is 22.7 Å². The van der Waals surface area contributed by atoms with Gasteiger partial charge in [0.15, 0.2) is 0 Å². The molecule has 2 aromatic heterocycles. The van der Waals surface area contributed by atoms with E-state index < -0.39 is 0 Å². The third-order valence-corrected chi connectivity index (χ3v) is 6.99. The van der Waals surface area contributed by atoms with Crippen molar-refractivity contribution in [2.75, 3.05) is 0 Å². The summed E-state index contributed by atoms with van der Waals surface area (Å²) in [4.78, 5) is 2.87. The molecule has 0 aliphatic heterocycles. The number of benzene rings is 2. The van der Waals surface area contributed by atoms with Crippen molar-refractivity contribution in [2.45, 2.75) is 27.7 Å². The summed E-state index contributed by atoms with van der Waals surface area (Å²) in [5.74, 6) is 0. The normalized spacial score (nSPS) is 12.0. The van der Waals surface area contributed by atoms with Gasteiger partial charge in [0.25, 0.3) is 0 Å². The molecule has 4 aromatic rings. The fourth-order valence-electron chi connectivity index (χ4n) is 3.00.